The van der Waals surface area contributed by atoms with E-state index in [-0.39, 0.29) is 17.7 Å². The molecule has 0 spiro atoms. The van der Waals surface area contributed by atoms with Gasteiger partial charge in [0.05, 0.1) is 0 Å². The number of hydrogen-bond donors (Lipinski definition) is 1. The van der Waals surface area contributed by atoms with Gasteiger partial charge in [-0.15, -0.1) is 5.10 Å². The molecule has 0 aliphatic carbocycles. The van der Waals surface area contributed by atoms with Gasteiger partial charge in [-0.2, -0.15) is 0 Å². The topological polar surface area (TPSA) is 81.2 Å². The molecule has 0 unspecified atom stereocenters. The van der Waals surface area contributed by atoms with Crippen molar-refractivity contribution < 1.29 is 13.6 Å². The number of fused-ring (bicyclic) bond motifs is 1. The summed E-state index contributed by atoms with van der Waals surface area (Å²) in [7, 11) is 0. The number of carbonyl (C=O) groups is 1. The fourth-order valence-corrected chi connectivity index (χ4v) is 2.45. The van der Waals surface area contributed by atoms with Gasteiger partial charge >= 0.3 is 6.01 Å². The molecule has 2 heterocycles. The van der Waals surface area contributed by atoms with Crippen LogP contribution in [0.1, 0.15) is 10.6 Å². The van der Waals surface area contributed by atoms with E-state index in [1.165, 1.54) is 0 Å². The van der Waals surface area contributed by atoms with Crippen molar-refractivity contribution in [3.05, 3.63) is 65.4 Å². The summed E-state index contributed by atoms with van der Waals surface area (Å²) in [4.78, 5) is 12.2. The van der Waals surface area contributed by atoms with Crippen LogP contribution in [0.2, 0.25) is 5.02 Å². The zero-order valence-electron chi connectivity index (χ0n) is 12.2. The minimum absolute atomic E-state index is 0.0181. The molecule has 0 fully saturated rings. The van der Waals surface area contributed by atoms with E-state index in [2.05, 4.69) is 15.5 Å². The molecule has 0 bridgehead atoms. The highest BCUT2D eigenvalue weighted by molar-refractivity contribution is 6.30. The number of halogens is 1. The van der Waals surface area contributed by atoms with Crippen LogP contribution in [0.25, 0.3) is 22.4 Å². The van der Waals surface area contributed by atoms with E-state index >= 15 is 0 Å². The van der Waals surface area contributed by atoms with Gasteiger partial charge in [0.15, 0.2) is 5.76 Å². The Morgan fingerprint density at radius 1 is 1.00 bits per heavy atom. The molecule has 4 aromatic rings. The Kier molecular flexibility index (Phi) is 3.51. The SMILES string of the molecule is O=C(Nc1nnc(-c2cccc(Cl)c2)o1)c1cc2ccccc2o1. The average Bonchev–Trinajstić information content (AvgIpc) is 3.21. The summed E-state index contributed by atoms with van der Waals surface area (Å²) in [6, 6.07) is 16.0. The summed E-state index contributed by atoms with van der Waals surface area (Å²) in [5.74, 6) is -0.0383. The maximum Gasteiger partial charge on any atom is 0.322 e. The molecule has 2 aromatic carbocycles. The lowest BCUT2D eigenvalue weighted by molar-refractivity contribution is 0.0996. The number of aromatic nitrogens is 2. The lowest BCUT2D eigenvalue weighted by Gasteiger charge is -1.96. The Hall–Kier alpha value is -3.12. The number of nitrogens with zero attached hydrogens (tertiary/aromatic N) is 2. The second-order valence-corrected chi connectivity index (χ2v) is 5.46. The van der Waals surface area contributed by atoms with E-state index in [1.54, 1.807) is 36.4 Å². The molecular weight excluding hydrogens is 330 g/mol. The van der Waals surface area contributed by atoms with Gasteiger partial charge in [0.1, 0.15) is 5.58 Å². The molecule has 0 saturated carbocycles. The first-order valence-electron chi connectivity index (χ1n) is 7.08. The van der Waals surface area contributed by atoms with Crippen LogP contribution in [0.5, 0.6) is 0 Å². The number of para-hydroxylation sites is 1. The van der Waals surface area contributed by atoms with Crippen LogP contribution < -0.4 is 5.32 Å². The molecule has 0 radical (unpaired) electrons. The first-order chi connectivity index (χ1) is 11.7. The Labute approximate surface area is 141 Å². The normalized spacial score (nSPS) is 10.9. The molecule has 0 aliphatic rings. The van der Waals surface area contributed by atoms with E-state index in [1.807, 2.05) is 18.2 Å². The second-order valence-electron chi connectivity index (χ2n) is 5.03. The molecule has 1 amide bonds. The van der Waals surface area contributed by atoms with Crippen LogP contribution in [0.3, 0.4) is 0 Å². The predicted octanol–water partition coefficient (Wildman–Crippen LogP) is 4.39. The van der Waals surface area contributed by atoms with Crippen molar-refractivity contribution in [1.82, 2.24) is 10.2 Å². The van der Waals surface area contributed by atoms with Gasteiger partial charge in [0.2, 0.25) is 5.89 Å². The zero-order valence-corrected chi connectivity index (χ0v) is 12.9. The van der Waals surface area contributed by atoms with Crippen molar-refractivity contribution in [2.24, 2.45) is 0 Å². The summed E-state index contributed by atoms with van der Waals surface area (Å²) >= 11 is 5.93. The van der Waals surface area contributed by atoms with E-state index in [0.717, 1.165) is 5.39 Å². The molecule has 0 aliphatic heterocycles. The molecule has 1 N–H and O–H groups in total. The standard InChI is InChI=1S/C17H10ClN3O3/c18-12-6-3-5-11(8-12)16-20-21-17(24-16)19-15(22)14-9-10-4-1-2-7-13(10)23-14/h1-9H,(H,19,21,22). The van der Waals surface area contributed by atoms with Crippen molar-refractivity contribution in [1.29, 1.82) is 0 Å². The van der Waals surface area contributed by atoms with Crippen molar-refractivity contribution in [2.45, 2.75) is 0 Å². The van der Waals surface area contributed by atoms with Crippen molar-refractivity contribution in [3.8, 4) is 11.5 Å². The highest BCUT2D eigenvalue weighted by atomic mass is 35.5. The number of nitrogens with one attached hydrogen (secondary N) is 1. The minimum atomic E-state index is -0.465. The fraction of sp³-hybridized carbons (Fsp3) is 0. The predicted molar refractivity (Wildman–Crippen MR) is 88.9 cm³/mol. The fourth-order valence-electron chi connectivity index (χ4n) is 2.26. The maximum absolute atomic E-state index is 12.2. The molecule has 0 atom stereocenters. The molecule has 24 heavy (non-hydrogen) atoms. The summed E-state index contributed by atoms with van der Waals surface area (Å²) < 4.78 is 10.9. The molecule has 2 aromatic heterocycles. The number of benzene rings is 2. The van der Waals surface area contributed by atoms with Crippen LogP contribution in [0, 0.1) is 0 Å². The molecule has 118 valence electrons. The van der Waals surface area contributed by atoms with Gasteiger partial charge in [0.25, 0.3) is 5.91 Å². The Balaban J connectivity index is 1.56. The largest absolute Gasteiger partial charge is 0.451 e. The Morgan fingerprint density at radius 2 is 1.88 bits per heavy atom. The third kappa shape index (κ3) is 2.75. The lowest BCUT2D eigenvalue weighted by atomic mass is 10.2. The molecular formula is C17H10ClN3O3. The number of anilines is 1. The Morgan fingerprint density at radius 3 is 2.71 bits per heavy atom. The molecule has 7 heteroatoms. The number of furan rings is 1. The lowest BCUT2D eigenvalue weighted by Crippen LogP contribution is -2.10. The molecule has 0 saturated heterocycles. The quantitative estimate of drug-likeness (QED) is 0.598. The second kappa shape index (κ2) is 5.82. The van der Waals surface area contributed by atoms with Gasteiger partial charge in [0, 0.05) is 16.0 Å². The van der Waals surface area contributed by atoms with Crippen LogP contribution in [-0.2, 0) is 0 Å². The van der Waals surface area contributed by atoms with E-state index in [4.69, 9.17) is 20.4 Å². The first-order valence-corrected chi connectivity index (χ1v) is 7.46. The van der Waals surface area contributed by atoms with Crippen LogP contribution in [-0.4, -0.2) is 16.1 Å². The van der Waals surface area contributed by atoms with Crippen molar-refractivity contribution in [3.63, 3.8) is 0 Å². The monoisotopic (exact) mass is 339 g/mol. The molecule has 6 nitrogen and oxygen atoms in total. The van der Waals surface area contributed by atoms with Gasteiger partial charge in [-0.25, -0.2) is 0 Å². The number of rotatable bonds is 3. The van der Waals surface area contributed by atoms with Crippen LogP contribution in [0.15, 0.2) is 63.4 Å². The van der Waals surface area contributed by atoms with Crippen molar-refractivity contribution in [2.75, 3.05) is 5.32 Å². The highest BCUT2D eigenvalue weighted by Crippen LogP contribution is 2.24. The van der Waals surface area contributed by atoms with E-state index in [9.17, 15) is 4.79 Å². The number of hydrogen-bond acceptors (Lipinski definition) is 5. The molecule has 4 rings (SSSR count). The summed E-state index contributed by atoms with van der Waals surface area (Å²) in [5, 5.41) is 11.6. The number of amides is 1. The van der Waals surface area contributed by atoms with E-state index in [0.29, 0.717) is 16.2 Å². The van der Waals surface area contributed by atoms with Crippen LogP contribution >= 0.6 is 11.6 Å². The Bertz CT molecular complexity index is 1010. The first kappa shape index (κ1) is 14.5. The van der Waals surface area contributed by atoms with Gasteiger partial charge in [-0.05, 0) is 30.3 Å². The van der Waals surface area contributed by atoms with Crippen molar-refractivity contribution >= 4 is 34.5 Å². The zero-order chi connectivity index (χ0) is 16.5. The third-order valence-corrected chi connectivity index (χ3v) is 3.60. The van der Waals surface area contributed by atoms with Crippen LogP contribution in [0.4, 0.5) is 6.01 Å². The van der Waals surface area contributed by atoms with E-state index < -0.39 is 5.91 Å². The average molecular weight is 340 g/mol. The maximum atomic E-state index is 12.2. The third-order valence-electron chi connectivity index (χ3n) is 3.37. The summed E-state index contributed by atoms with van der Waals surface area (Å²) in [5.41, 5.74) is 1.30. The highest BCUT2D eigenvalue weighted by Gasteiger charge is 2.16. The van der Waals surface area contributed by atoms with Gasteiger partial charge in [-0.1, -0.05) is 41.0 Å². The summed E-state index contributed by atoms with van der Waals surface area (Å²) in [6.45, 7) is 0. The number of carbonyl (C=O) groups excluding carboxylic acids is 1. The minimum Gasteiger partial charge on any atom is -0.451 e. The summed E-state index contributed by atoms with van der Waals surface area (Å²) in [6.07, 6.45) is 0. The van der Waals surface area contributed by atoms with Gasteiger partial charge < -0.3 is 8.83 Å². The smallest absolute Gasteiger partial charge is 0.322 e. The van der Waals surface area contributed by atoms with Gasteiger partial charge in [-0.3, -0.25) is 10.1 Å².